The molecular weight excluding hydrogens is 230 g/mol. The molecule has 17 heavy (non-hydrogen) atoms. The molecule has 0 aliphatic carbocycles. The maximum atomic E-state index is 9.80. The minimum atomic E-state index is 0.584. The Morgan fingerprint density at radius 1 is 0.882 bits per heavy atom. The number of isocyanates is 1. The molecule has 0 amide bonds. The average molecular weight is 257 g/mol. The smallest absolute Gasteiger partial charge is 0.211 e. The summed E-state index contributed by atoms with van der Waals surface area (Å²) in [6.07, 6.45) is 15.3. The number of hydrogen-bond acceptors (Lipinski definition) is 3. The van der Waals surface area contributed by atoms with Crippen LogP contribution in [0, 0.1) is 0 Å². The van der Waals surface area contributed by atoms with Crippen LogP contribution in [0.5, 0.6) is 0 Å². The molecule has 0 aliphatic heterocycles. The van der Waals surface area contributed by atoms with Crippen LogP contribution in [-0.4, -0.2) is 17.7 Å². The summed E-state index contributed by atoms with van der Waals surface area (Å²) >= 11 is 1.73. The maximum absolute atomic E-state index is 9.80. The first-order valence-corrected chi connectivity index (χ1v) is 8.18. The molecule has 0 spiro atoms. The van der Waals surface area contributed by atoms with E-state index >= 15 is 0 Å². The van der Waals surface area contributed by atoms with Gasteiger partial charge >= 0.3 is 0 Å². The van der Waals surface area contributed by atoms with Gasteiger partial charge in [-0.25, -0.2) is 4.79 Å². The standard InChI is InChI=1S/C14H27NOS/c1-2-3-4-5-6-7-8-9-10-11-12-17-14-15-13-16/h2-12,14H2,1H3. The van der Waals surface area contributed by atoms with E-state index in [1.807, 2.05) is 0 Å². The summed E-state index contributed by atoms with van der Waals surface area (Å²) in [5, 5.41) is 0. The summed E-state index contributed by atoms with van der Waals surface area (Å²) in [7, 11) is 0. The molecule has 2 nitrogen and oxygen atoms in total. The Morgan fingerprint density at radius 2 is 1.41 bits per heavy atom. The van der Waals surface area contributed by atoms with Crippen LogP contribution < -0.4 is 0 Å². The van der Waals surface area contributed by atoms with E-state index < -0.39 is 0 Å². The highest BCUT2D eigenvalue weighted by molar-refractivity contribution is 7.99. The van der Waals surface area contributed by atoms with Crippen LogP contribution >= 0.6 is 11.8 Å². The predicted molar refractivity (Wildman–Crippen MR) is 77.3 cm³/mol. The molecule has 0 bridgehead atoms. The van der Waals surface area contributed by atoms with Crippen LogP contribution in [0.15, 0.2) is 4.99 Å². The van der Waals surface area contributed by atoms with Crippen molar-refractivity contribution in [1.82, 2.24) is 0 Å². The van der Waals surface area contributed by atoms with Gasteiger partial charge < -0.3 is 0 Å². The van der Waals surface area contributed by atoms with E-state index in [0.29, 0.717) is 5.88 Å². The predicted octanol–water partition coefficient (Wildman–Crippen LogP) is 4.93. The first-order valence-electron chi connectivity index (χ1n) is 7.03. The first kappa shape index (κ1) is 16.7. The minimum Gasteiger partial charge on any atom is -0.211 e. The summed E-state index contributed by atoms with van der Waals surface area (Å²) in [6, 6.07) is 0. The molecule has 0 rings (SSSR count). The van der Waals surface area contributed by atoms with Crippen molar-refractivity contribution in [2.45, 2.75) is 71.1 Å². The fourth-order valence-corrected chi connectivity index (χ4v) is 2.51. The van der Waals surface area contributed by atoms with E-state index in [0.717, 1.165) is 5.75 Å². The van der Waals surface area contributed by atoms with Gasteiger partial charge in [-0.3, -0.25) is 0 Å². The Labute approximate surface area is 111 Å². The molecule has 0 unspecified atom stereocenters. The second-order valence-electron chi connectivity index (χ2n) is 4.47. The molecule has 0 radical (unpaired) electrons. The number of rotatable bonds is 13. The Hall–Kier alpha value is -0.270. The third kappa shape index (κ3) is 15.7. The van der Waals surface area contributed by atoms with Crippen molar-refractivity contribution in [2.24, 2.45) is 4.99 Å². The van der Waals surface area contributed by atoms with Crippen molar-refractivity contribution < 1.29 is 4.79 Å². The Bertz CT molecular complexity index is 191. The molecule has 0 atom stereocenters. The molecule has 0 aromatic rings. The highest BCUT2D eigenvalue weighted by atomic mass is 32.2. The molecule has 0 aromatic carbocycles. The summed E-state index contributed by atoms with van der Waals surface area (Å²) < 4.78 is 0. The van der Waals surface area contributed by atoms with Gasteiger partial charge in [0.05, 0.1) is 5.88 Å². The zero-order valence-corrected chi connectivity index (χ0v) is 12.1. The maximum Gasteiger partial charge on any atom is 0.235 e. The van der Waals surface area contributed by atoms with Crippen molar-refractivity contribution >= 4 is 17.8 Å². The third-order valence-corrected chi connectivity index (χ3v) is 3.75. The zero-order valence-electron chi connectivity index (χ0n) is 11.2. The van der Waals surface area contributed by atoms with E-state index in [2.05, 4.69) is 11.9 Å². The molecule has 0 fully saturated rings. The van der Waals surface area contributed by atoms with Crippen molar-refractivity contribution in [3.63, 3.8) is 0 Å². The number of thioether (sulfide) groups is 1. The van der Waals surface area contributed by atoms with Crippen molar-refractivity contribution in [1.29, 1.82) is 0 Å². The van der Waals surface area contributed by atoms with Crippen LogP contribution in [0.2, 0.25) is 0 Å². The topological polar surface area (TPSA) is 29.4 Å². The van der Waals surface area contributed by atoms with Gasteiger partial charge in [0, 0.05) is 0 Å². The van der Waals surface area contributed by atoms with Gasteiger partial charge in [-0.05, 0) is 12.2 Å². The van der Waals surface area contributed by atoms with Gasteiger partial charge in [0.15, 0.2) is 0 Å². The molecule has 3 heteroatoms. The molecule has 0 saturated heterocycles. The fraction of sp³-hybridized carbons (Fsp3) is 0.929. The second kappa shape index (κ2) is 15.7. The Balaban J connectivity index is 2.91. The largest absolute Gasteiger partial charge is 0.235 e. The monoisotopic (exact) mass is 257 g/mol. The van der Waals surface area contributed by atoms with Gasteiger partial charge in [-0.2, -0.15) is 4.99 Å². The van der Waals surface area contributed by atoms with Crippen LogP contribution in [0.4, 0.5) is 0 Å². The number of aliphatic imine (C=N–C) groups is 1. The molecular formula is C14H27NOS. The van der Waals surface area contributed by atoms with Crippen molar-refractivity contribution in [3.8, 4) is 0 Å². The molecule has 0 N–H and O–H groups in total. The summed E-state index contributed by atoms with van der Waals surface area (Å²) in [4.78, 5) is 13.3. The third-order valence-electron chi connectivity index (χ3n) is 2.86. The lowest BCUT2D eigenvalue weighted by Crippen LogP contribution is -1.84. The zero-order chi connectivity index (χ0) is 12.6. The number of unbranched alkanes of at least 4 members (excludes halogenated alkanes) is 9. The minimum absolute atomic E-state index is 0.584. The Morgan fingerprint density at radius 3 is 1.94 bits per heavy atom. The van der Waals surface area contributed by atoms with E-state index in [9.17, 15) is 4.79 Å². The van der Waals surface area contributed by atoms with E-state index in [1.54, 1.807) is 17.8 Å². The molecule has 0 heterocycles. The lowest BCUT2D eigenvalue weighted by molar-refractivity contribution is 0.563. The van der Waals surface area contributed by atoms with Gasteiger partial charge in [0.2, 0.25) is 6.08 Å². The summed E-state index contributed by atoms with van der Waals surface area (Å²) in [6.45, 7) is 2.26. The summed E-state index contributed by atoms with van der Waals surface area (Å²) in [5.74, 6) is 1.71. The Kier molecular flexibility index (Phi) is 15.5. The summed E-state index contributed by atoms with van der Waals surface area (Å²) in [5.41, 5.74) is 0. The lowest BCUT2D eigenvalue weighted by Gasteiger charge is -2.01. The fourth-order valence-electron chi connectivity index (χ4n) is 1.83. The molecule has 0 saturated carbocycles. The second-order valence-corrected chi connectivity index (χ2v) is 5.54. The van der Waals surface area contributed by atoms with E-state index in [-0.39, 0.29) is 0 Å². The van der Waals surface area contributed by atoms with Gasteiger partial charge in [-0.15, -0.1) is 11.8 Å². The highest BCUT2D eigenvalue weighted by Gasteiger charge is 1.92. The number of nitrogens with zero attached hydrogens (tertiary/aromatic N) is 1. The molecule has 100 valence electrons. The van der Waals surface area contributed by atoms with Crippen LogP contribution in [0.3, 0.4) is 0 Å². The highest BCUT2D eigenvalue weighted by Crippen LogP contribution is 2.12. The quantitative estimate of drug-likeness (QED) is 0.266. The van der Waals surface area contributed by atoms with Crippen molar-refractivity contribution in [2.75, 3.05) is 11.6 Å². The van der Waals surface area contributed by atoms with Crippen LogP contribution in [0.1, 0.15) is 71.1 Å². The van der Waals surface area contributed by atoms with Crippen LogP contribution in [-0.2, 0) is 4.79 Å². The normalized spacial score (nSPS) is 10.2. The van der Waals surface area contributed by atoms with E-state index in [1.165, 1.54) is 64.2 Å². The first-order chi connectivity index (χ1) is 8.41. The lowest BCUT2D eigenvalue weighted by atomic mass is 10.1. The number of hydrogen-bond donors (Lipinski definition) is 0. The van der Waals surface area contributed by atoms with E-state index in [4.69, 9.17) is 0 Å². The van der Waals surface area contributed by atoms with Gasteiger partial charge in [-0.1, -0.05) is 64.7 Å². The van der Waals surface area contributed by atoms with Gasteiger partial charge in [0.1, 0.15) is 0 Å². The van der Waals surface area contributed by atoms with Crippen molar-refractivity contribution in [3.05, 3.63) is 0 Å². The molecule has 0 aromatic heterocycles. The van der Waals surface area contributed by atoms with Crippen LogP contribution in [0.25, 0.3) is 0 Å². The SMILES string of the molecule is CCCCCCCCCCCCSCN=C=O. The average Bonchev–Trinajstić information content (AvgIpc) is 2.35. The molecule has 0 aliphatic rings. The number of carbonyl (C=O) groups excluding carboxylic acids is 1. The van der Waals surface area contributed by atoms with Gasteiger partial charge in [0.25, 0.3) is 0 Å².